The summed E-state index contributed by atoms with van der Waals surface area (Å²) in [5.41, 5.74) is 0.475. The fourth-order valence-electron chi connectivity index (χ4n) is 3.72. The van der Waals surface area contributed by atoms with Gasteiger partial charge in [-0.25, -0.2) is 13.8 Å². The molecule has 0 aliphatic carbocycles. The number of nitrogens with zero attached hydrogens (tertiary/aromatic N) is 4. The highest BCUT2D eigenvalue weighted by atomic mass is 35.5. The molecule has 3 aromatic rings. The number of benzene rings is 1. The number of halogens is 3. The Morgan fingerprint density at radius 1 is 1.20 bits per heavy atom. The zero-order chi connectivity index (χ0) is 29.8. The lowest BCUT2D eigenvalue weighted by atomic mass is 10.0. The van der Waals surface area contributed by atoms with E-state index >= 15 is 4.39 Å². The summed E-state index contributed by atoms with van der Waals surface area (Å²) in [6, 6.07) is 5.32. The van der Waals surface area contributed by atoms with Crippen molar-refractivity contribution in [3.8, 4) is 0 Å². The van der Waals surface area contributed by atoms with Gasteiger partial charge in [-0.3, -0.25) is 13.7 Å². The molecule has 40 heavy (non-hydrogen) atoms. The molecule has 0 bridgehead atoms. The van der Waals surface area contributed by atoms with Crippen LogP contribution in [-0.4, -0.2) is 69.2 Å². The smallest absolute Gasteiger partial charge is 0.340 e. The Kier molecular flexibility index (Phi) is 10.6. The molecule has 2 heterocycles. The van der Waals surface area contributed by atoms with E-state index in [0.717, 1.165) is 10.9 Å². The van der Waals surface area contributed by atoms with Gasteiger partial charge in [0, 0.05) is 0 Å². The highest BCUT2D eigenvalue weighted by molar-refractivity contribution is 7.70. The molecule has 0 radical (unpaired) electrons. The molecular formula is C22H28ClF2N5O8P2. The second-order valence-electron chi connectivity index (χ2n) is 8.79. The number of fused-ring (bicyclic) bond motifs is 1. The Labute approximate surface area is 232 Å². The van der Waals surface area contributed by atoms with Crippen LogP contribution in [0, 0.1) is 5.82 Å². The van der Waals surface area contributed by atoms with Crippen LogP contribution >= 0.6 is 26.8 Å². The minimum absolute atomic E-state index is 0.0880. The van der Waals surface area contributed by atoms with Gasteiger partial charge in [0.05, 0.1) is 19.0 Å². The molecule has 18 heteroatoms. The van der Waals surface area contributed by atoms with E-state index in [0.29, 0.717) is 5.56 Å². The van der Waals surface area contributed by atoms with Crippen molar-refractivity contribution in [3.63, 3.8) is 0 Å². The minimum atomic E-state index is -4.90. The second-order valence-corrected chi connectivity index (χ2v) is 13.1. The quantitative estimate of drug-likeness (QED) is 0.0916. The van der Waals surface area contributed by atoms with Crippen LogP contribution in [0.3, 0.4) is 0 Å². The van der Waals surface area contributed by atoms with Crippen LogP contribution in [0.5, 0.6) is 0 Å². The Hall–Kier alpha value is -2.32. The molecule has 0 aliphatic rings. The highest BCUT2D eigenvalue weighted by Gasteiger charge is 2.35. The average molecular weight is 626 g/mol. The number of aromatic nitrogens is 4. The molecule has 1 unspecified atom stereocenters. The van der Waals surface area contributed by atoms with Crippen LogP contribution in [0.1, 0.15) is 38.1 Å². The third-order valence-corrected chi connectivity index (χ3v) is 9.24. The van der Waals surface area contributed by atoms with Gasteiger partial charge in [0.25, 0.3) is 0 Å². The molecule has 3 rings (SSSR count). The van der Waals surface area contributed by atoms with Gasteiger partial charge in [-0.15, -0.1) is 0 Å². The van der Waals surface area contributed by atoms with E-state index < -0.39 is 58.1 Å². The first-order valence-corrected chi connectivity index (χ1v) is 15.7. The molecule has 220 valence electrons. The predicted molar refractivity (Wildman–Crippen MR) is 142 cm³/mol. The van der Waals surface area contributed by atoms with E-state index in [-0.39, 0.29) is 34.3 Å². The molecule has 2 aromatic heterocycles. The van der Waals surface area contributed by atoms with Gasteiger partial charge in [0.2, 0.25) is 5.28 Å². The summed E-state index contributed by atoms with van der Waals surface area (Å²) >= 11 is 6.06. The predicted octanol–water partition coefficient (Wildman–Crippen LogP) is 3.66. The van der Waals surface area contributed by atoms with E-state index in [2.05, 4.69) is 20.3 Å². The van der Waals surface area contributed by atoms with Crippen molar-refractivity contribution in [2.45, 2.75) is 44.8 Å². The van der Waals surface area contributed by atoms with E-state index in [1.54, 1.807) is 26.0 Å². The number of nitrogens with one attached hydrogen (secondary N) is 1. The second kappa shape index (κ2) is 13.1. The Morgan fingerprint density at radius 3 is 2.45 bits per heavy atom. The Balaban J connectivity index is 1.83. The number of aliphatic hydroxyl groups excluding tert-OH is 2. The van der Waals surface area contributed by atoms with Crippen molar-refractivity contribution >= 4 is 43.8 Å². The molecule has 13 nitrogen and oxygen atoms in total. The average Bonchev–Trinajstić information content (AvgIpc) is 3.28. The van der Waals surface area contributed by atoms with Crippen LogP contribution < -0.4 is 5.32 Å². The molecule has 0 saturated heterocycles. The summed E-state index contributed by atoms with van der Waals surface area (Å²) in [5, 5.41) is 24.2. The summed E-state index contributed by atoms with van der Waals surface area (Å²) in [6.45, 7) is 2.54. The topological polar surface area (TPSA) is 200 Å². The summed E-state index contributed by atoms with van der Waals surface area (Å²) in [5.74, 6) is -1.74. The number of anilines is 1. The Morgan fingerprint density at radius 2 is 1.85 bits per heavy atom. The lowest BCUT2D eigenvalue weighted by Crippen LogP contribution is -2.34. The summed E-state index contributed by atoms with van der Waals surface area (Å²) < 4.78 is 57.3. The molecule has 0 spiro atoms. The van der Waals surface area contributed by atoms with Crippen molar-refractivity contribution < 1.29 is 47.3 Å². The van der Waals surface area contributed by atoms with E-state index in [9.17, 15) is 28.6 Å². The van der Waals surface area contributed by atoms with Crippen LogP contribution in [0.25, 0.3) is 11.2 Å². The minimum Gasteiger partial charge on any atom is -0.385 e. The van der Waals surface area contributed by atoms with E-state index in [1.807, 2.05) is 0 Å². The lowest BCUT2D eigenvalue weighted by molar-refractivity contribution is -0.0352. The fraction of sp³-hybridized carbons (Fsp3) is 0.409. The van der Waals surface area contributed by atoms with Crippen molar-refractivity contribution in [1.82, 2.24) is 19.5 Å². The normalized spacial score (nSPS) is 17.3. The number of rotatable bonds is 13. The van der Waals surface area contributed by atoms with Crippen molar-refractivity contribution in [1.29, 1.82) is 0 Å². The van der Waals surface area contributed by atoms with E-state index in [1.165, 1.54) is 18.2 Å². The first-order valence-electron chi connectivity index (χ1n) is 11.7. The molecular weight excluding hydrogens is 598 g/mol. The molecule has 0 amide bonds. The third kappa shape index (κ3) is 8.35. The standard InChI is InChI=1S/C22H28ClF2N5O8P2/c1-3-4-14(9-38-40(36,37)11-39(33,34)35)18(31)16(25)21(32)30-10-26-17-19(28-22(23)29-20(17)30)27-12(2)13-5-7-15(24)8-6-13/h4-8,10,12,16,18,21,31-32H,3,9,11H2,1-2H3,(H,36,37)(H,27,28,29)(H2,33,34,35)/b14-4-/t12-,16-,18+,21+/m0/s1. The summed E-state index contributed by atoms with van der Waals surface area (Å²) in [4.78, 5) is 39.8. The van der Waals surface area contributed by atoms with Crippen LogP contribution in [0.15, 0.2) is 42.2 Å². The zero-order valence-electron chi connectivity index (χ0n) is 21.2. The van der Waals surface area contributed by atoms with Gasteiger partial charge in [0.1, 0.15) is 11.9 Å². The summed E-state index contributed by atoms with van der Waals surface area (Å²) in [7, 11) is -9.69. The lowest BCUT2D eigenvalue weighted by Gasteiger charge is -2.25. The fourth-order valence-corrected chi connectivity index (χ4v) is 6.43. The van der Waals surface area contributed by atoms with Crippen LogP contribution in [-0.2, 0) is 13.7 Å². The molecule has 0 aliphatic heterocycles. The van der Waals surface area contributed by atoms with Gasteiger partial charge in [0.15, 0.2) is 35.3 Å². The molecule has 0 saturated carbocycles. The molecule has 1 aromatic carbocycles. The first-order chi connectivity index (χ1) is 18.6. The number of hydrogen-bond donors (Lipinski definition) is 6. The van der Waals surface area contributed by atoms with Crippen LogP contribution in [0.2, 0.25) is 5.28 Å². The third-order valence-electron chi connectivity index (χ3n) is 5.63. The maximum Gasteiger partial charge on any atom is 0.340 e. The first kappa shape index (κ1) is 32.2. The van der Waals surface area contributed by atoms with Crippen molar-refractivity contribution in [2.24, 2.45) is 0 Å². The van der Waals surface area contributed by atoms with Gasteiger partial charge in [-0.05, 0) is 48.2 Å². The van der Waals surface area contributed by atoms with Gasteiger partial charge in [-0.2, -0.15) is 9.97 Å². The number of hydrogen-bond acceptors (Lipinski definition) is 9. The highest BCUT2D eigenvalue weighted by Crippen LogP contribution is 2.55. The number of aliphatic hydroxyl groups is 2. The number of allylic oxidation sites excluding steroid dienone is 1. The number of imidazole rings is 1. The Bertz CT molecular complexity index is 1450. The number of alkyl halides is 1. The van der Waals surface area contributed by atoms with Crippen LogP contribution in [0.4, 0.5) is 14.6 Å². The largest absolute Gasteiger partial charge is 0.385 e. The van der Waals surface area contributed by atoms with E-state index in [4.69, 9.17) is 25.9 Å². The monoisotopic (exact) mass is 625 g/mol. The van der Waals surface area contributed by atoms with Gasteiger partial charge >= 0.3 is 15.2 Å². The van der Waals surface area contributed by atoms with Gasteiger partial charge in [-0.1, -0.05) is 25.1 Å². The maximum atomic E-state index is 15.4. The SMILES string of the molecule is CC/C=C(/COP(=O)(O)CP(=O)(O)O)[C@@H](O)[C@H](F)[C@@H](O)n1cnc2c(N[C@@H](C)c3ccc(F)cc3)nc(Cl)nc21. The molecule has 5 atom stereocenters. The van der Waals surface area contributed by atoms with Crippen molar-refractivity contribution in [2.75, 3.05) is 17.8 Å². The molecule has 6 N–H and O–H groups in total. The van der Waals surface area contributed by atoms with Gasteiger partial charge < -0.3 is 34.7 Å². The van der Waals surface area contributed by atoms with Crippen molar-refractivity contribution in [3.05, 3.63) is 58.9 Å². The maximum absolute atomic E-state index is 15.4. The zero-order valence-corrected chi connectivity index (χ0v) is 23.7. The summed E-state index contributed by atoms with van der Waals surface area (Å²) in [6.07, 6.45) is -4.02. The molecule has 0 fully saturated rings.